The van der Waals surface area contributed by atoms with Gasteiger partial charge in [-0.3, -0.25) is 4.79 Å². The van der Waals surface area contributed by atoms with Gasteiger partial charge >= 0.3 is 0 Å². The summed E-state index contributed by atoms with van der Waals surface area (Å²) in [5.74, 6) is -0.399. The fraction of sp³-hybridized carbons (Fsp3) is 0.240. The lowest BCUT2D eigenvalue weighted by Gasteiger charge is -2.33. The van der Waals surface area contributed by atoms with E-state index in [2.05, 4.69) is 16.8 Å². The smallest absolute Gasteiger partial charge is 0.272 e. The van der Waals surface area contributed by atoms with Gasteiger partial charge in [-0.05, 0) is 36.9 Å². The third-order valence-corrected chi connectivity index (χ3v) is 5.96. The van der Waals surface area contributed by atoms with E-state index in [0.717, 1.165) is 36.5 Å². The highest BCUT2D eigenvalue weighted by atomic mass is 19.1. The zero-order valence-corrected chi connectivity index (χ0v) is 17.9. The maximum Gasteiger partial charge on any atom is 0.272 e. The van der Waals surface area contributed by atoms with Gasteiger partial charge < -0.3 is 9.80 Å². The first-order valence-electron chi connectivity index (χ1n) is 10.9. The number of likely N-dealkylation sites (N-methyl/N-ethyl adjacent to an activating group) is 1. The van der Waals surface area contributed by atoms with E-state index in [1.807, 2.05) is 41.3 Å². The highest BCUT2D eigenvalue weighted by molar-refractivity contribution is 5.94. The maximum absolute atomic E-state index is 13.6. The summed E-state index contributed by atoms with van der Waals surface area (Å²) in [7, 11) is 0. The zero-order valence-electron chi connectivity index (χ0n) is 17.9. The van der Waals surface area contributed by atoms with Crippen LogP contribution in [0.15, 0.2) is 66.7 Å². The Bertz CT molecular complexity index is 1240. The van der Waals surface area contributed by atoms with Crippen LogP contribution in [0.3, 0.4) is 0 Å². The molecular formula is C25H24FN5O. The molecular weight excluding hydrogens is 405 g/mol. The molecule has 0 spiro atoms. The summed E-state index contributed by atoms with van der Waals surface area (Å²) < 4.78 is 15.3. The van der Waals surface area contributed by atoms with Crippen LogP contribution in [0.2, 0.25) is 0 Å². The van der Waals surface area contributed by atoms with Crippen molar-refractivity contribution in [3.05, 3.63) is 78.2 Å². The van der Waals surface area contributed by atoms with E-state index in [4.69, 9.17) is 5.10 Å². The average Bonchev–Trinajstić information content (AvgIpc) is 3.28. The van der Waals surface area contributed by atoms with E-state index in [-0.39, 0.29) is 11.7 Å². The van der Waals surface area contributed by atoms with Gasteiger partial charge in [-0.15, -0.1) is 0 Å². The van der Waals surface area contributed by atoms with Gasteiger partial charge in [0, 0.05) is 43.4 Å². The van der Waals surface area contributed by atoms with Crippen molar-refractivity contribution in [3.63, 3.8) is 0 Å². The Morgan fingerprint density at radius 1 is 0.938 bits per heavy atom. The highest BCUT2D eigenvalue weighted by Gasteiger charge is 2.24. The van der Waals surface area contributed by atoms with Crippen LogP contribution >= 0.6 is 0 Å². The summed E-state index contributed by atoms with van der Waals surface area (Å²) in [4.78, 5) is 22.2. The van der Waals surface area contributed by atoms with Crippen LogP contribution in [0.25, 0.3) is 28.2 Å². The predicted molar refractivity (Wildman–Crippen MR) is 122 cm³/mol. The second-order valence-corrected chi connectivity index (χ2v) is 7.93. The van der Waals surface area contributed by atoms with Crippen LogP contribution in [0.4, 0.5) is 4.39 Å². The van der Waals surface area contributed by atoms with E-state index in [1.165, 1.54) is 12.1 Å². The lowest BCUT2D eigenvalue weighted by Crippen LogP contribution is -2.48. The predicted octanol–water partition coefficient (Wildman–Crippen LogP) is 3.98. The van der Waals surface area contributed by atoms with Crippen molar-refractivity contribution < 1.29 is 9.18 Å². The normalized spacial score (nSPS) is 14.8. The number of piperazine rings is 1. The molecule has 1 amide bonds. The molecule has 162 valence electrons. The Labute approximate surface area is 185 Å². The van der Waals surface area contributed by atoms with E-state index < -0.39 is 0 Å². The van der Waals surface area contributed by atoms with Gasteiger partial charge in [0.25, 0.3) is 5.91 Å². The third kappa shape index (κ3) is 3.87. The first kappa shape index (κ1) is 20.3. The topological polar surface area (TPSA) is 53.7 Å². The molecule has 1 aliphatic heterocycles. The molecule has 0 saturated carbocycles. The summed E-state index contributed by atoms with van der Waals surface area (Å²) in [6.07, 6.45) is 0. The molecule has 0 aliphatic carbocycles. The minimum Gasteiger partial charge on any atom is -0.335 e. The Morgan fingerprint density at radius 2 is 1.66 bits per heavy atom. The van der Waals surface area contributed by atoms with Crippen molar-refractivity contribution >= 4 is 11.6 Å². The molecule has 0 unspecified atom stereocenters. The fourth-order valence-corrected chi connectivity index (χ4v) is 4.09. The first-order chi connectivity index (χ1) is 15.6. The molecule has 7 heteroatoms. The van der Waals surface area contributed by atoms with Gasteiger partial charge in [0.2, 0.25) is 0 Å². The number of amides is 1. The summed E-state index contributed by atoms with van der Waals surface area (Å²) >= 11 is 0. The van der Waals surface area contributed by atoms with Crippen molar-refractivity contribution in [2.24, 2.45) is 0 Å². The van der Waals surface area contributed by atoms with Gasteiger partial charge in [0.1, 0.15) is 11.5 Å². The Hall–Kier alpha value is -3.58. The number of benzene rings is 2. The van der Waals surface area contributed by atoms with Gasteiger partial charge in [-0.2, -0.15) is 5.10 Å². The number of hydrogen-bond donors (Lipinski definition) is 0. The number of halogens is 1. The lowest BCUT2D eigenvalue weighted by atomic mass is 10.1. The third-order valence-electron chi connectivity index (χ3n) is 5.96. The van der Waals surface area contributed by atoms with Crippen LogP contribution in [-0.4, -0.2) is 63.0 Å². The van der Waals surface area contributed by atoms with Crippen LogP contribution < -0.4 is 0 Å². The second kappa shape index (κ2) is 8.51. The number of nitrogens with zero attached hydrogens (tertiary/aromatic N) is 5. The minimum atomic E-state index is -0.311. The zero-order chi connectivity index (χ0) is 22.1. The van der Waals surface area contributed by atoms with E-state index in [9.17, 15) is 9.18 Å². The van der Waals surface area contributed by atoms with Crippen LogP contribution in [0.5, 0.6) is 0 Å². The van der Waals surface area contributed by atoms with Crippen molar-refractivity contribution in [1.29, 1.82) is 0 Å². The molecule has 4 aromatic rings. The van der Waals surface area contributed by atoms with E-state index in [1.54, 1.807) is 22.7 Å². The molecule has 5 rings (SSSR count). The average molecular weight is 429 g/mol. The molecule has 32 heavy (non-hydrogen) atoms. The number of carbonyl (C=O) groups is 1. The lowest BCUT2D eigenvalue weighted by molar-refractivity contribution is 0.0638. The molecule has 1 fully saturated rings. The van der Waals surface area contributed by atoms with Crippen LogP contribution in [0, 0.1) is 5.82 Å². The molecule has 1 saturated heterocycles. The summed E-state index contributed by atoms with van der Waals surface area (Å²) in [6, 6.07) is 19.7. The van der Waals surface area contributed by atoms with E-state index in [0.29, 0.717) is 30.1 Å². The Balaban J connectivity index is 1.59. The first-order valence-corrected chi connectivity index (χ1v) is 10.9. The monoisotopic (exact) mass is 429 g/mol. The van der Waals surface area contributed by atoms with Crippen molar-refractivity contribution in [2.45, 2.75) is 6.92 Å². The molecule has 0 N–H and O–H groups in total. The quantitative estimate of drug-likeness (QED) is 0.492. The molecule has 1 aliphatic rings. The van der Waals surface area contributed by atoms with Gasteiger partial charge in [0.05, 0.1) is 11.4 Å². The summed E-state index contributed by atoms with van der Waals surface area (Å²) in [5.41, 5.74) is 4.16. The summed E-state index contributed by atoms with van der Waals surface area (Å²) in [5, 5.41) is 4.74. The van der Waals surface area contributed by atoms with Gasteiger partial charge in [-0.25, -0.2) is 13.9 Å². The number of carbonyl (C=O) groups excluding carboxylic acids is 1. The molecule has 2 aromatic carbocycles. The number of rotatable bonds is 4. The maximum atomic E-state index is 13.6. The van der Waals surface area contributed by atoms with Crippen LogP contribution in [0.1, 0.15) is 17.4 Å². The SMILES string of the molecule is CCN1CCN(C(=O)c2cc(-c3ccc(F)cc3)n3nc(-c4ccccc4)cc3n2)CC1. The minimum absolute atomic E-state index is 0.0888. The Morgan fingerprint density at radius 3 is 2.34 bits per heavy atom. The standard InChI is InChI=1S/C25H24FN5O/c1-2-29-12-14-30(15-13-29)25(32)22-16-23(19-8-10-20(26)11-9-19)31-24(27-22)17-21(28-31)18-6-4-3-5-7-18/h3-11,16-17H,2,12-15H2,1H3. The van der Waals surface area contributed by atoms with Crippen LogP contribution in [-0.2, 0) is 0 Å². The molecule has 0 radical (unpaired) electrons. The van der Waals surface area contributed by atoms with Crippen molar-refractivity contribution in [2.75, 3.05) is 32.7 Å². The number of fused-ring (bicyclic) bond motifs is 1. The number of aromatic nitrogens is 3. The van der Waals surface area contributed by atoms with Gasteiger partial charge in [-0.1, -0.05) is 37.3 Å². The molecule has 6 nitrogen and oxygen atoms in total. The largest absolute Gasteiger partial charge is 0.335 e. The Kier molecular flexibility index (Phi) is 5.41. The molecule has 3 heterocycles. The molecule has 0 atom stereocenters. The van der Waals surface area contributed by atoms with Crippen molar-refractivity contribution in [1.82, 2.24) is 24.4 Å². The van der Waals surface area contributed by atoms with Gasteiger partial charge in [0.15, 0.2) is 5.65 Å². The second-order valence-electron chi connectivity index (χ2n) is 7.93. The number of hydrogen-bond acceptors (Lipinski definition) is 4. The van der Waals surface area contributed by atoms with Crippen molar-refractivity contribution in [3.8, 4) is 22.5 Å². The highest BCUT2D eigenvalue weighted by Crippen LogP contribution is 2.26. The molecule has 0 bridgehead atoms. The fourth-order valence-electron chi connectivity index (χ4n) is 4.09. The van der Waals surface area contributed by atoms with E-state index >= 15 is 0 Å². The molecule has 2 aromatic heterocycles. The summed E-state index contributed by atoms with van der Waals surface area (Å²) in [6.45, 7) is 6.20.